The van der Waals surface area contributed by atoms with Gasteiger partial charge in [-0.25, -0.2) is 18.4 Å². The molecule has 2 aliphatic carbocycles. The summed E-state index contributed by atoms with van der Waals surface area (Å²) in [4.78, 5) is 31.1. The molecule has 2 aromatic carbocycles. The van der Waals surface area contributed by atoms with Crippen LogP contribution in [0.25, 0.3) is 0 Å². The lowest BCUT2D eigenvalue weighted by Gasteiger charge is -2.47. The van der Waals surface area contributed by atoms with Crippen molar-refractivity contribution < 1.29 is 38.1 Å². The molecule has 272 valence electrons. The van der Waals surface area contributed by atoms with Gasteiger partial charge < -0.3 is 29.5 Å². The Morgan fingerprint density at radius 1 is 0.700 bits per heavy atom. The number of carbonyl (C=O) groups excluding carboxylic acids is 2. The SMILES string of the molecule is CN1CCC(C2(O)c3c(Br)ccc(F)c3C(OC(=O)/C=C/C(=O)OC3c4c(F)ccc(Br)c4C(O)(C4CCN(C)CC4)C3(C)C)C2(C)C)CC1. The van der Waals surface area contributed by atoms with Crippen molar-refractivity contribution >= 4 is 43.8 Å². The predicted octanol–water partition coefficient (Wildman–Crippen LogP) is 7.05. The molecule has 4 atom stereocenters. The lowest BCUT2D eigenvalue weighted by atomic mass is 9.64. The molecule has 2 fully saturated rings. The highest BCUT2D eigenvalue weighted by Crippen LogP contribution is 2.65. The summed E-state index contributed by atoms with van der Waals surface area (Å²) in [6.45, 7) is 10.1. The van der Waals surface area contributed by atoms with Crippen LogP contribution < -0.4 is 0 Å². The monoisotopic (exact) mass is 822 g/mol. The molecule has 0 saturated carbocycles. The number of halogens is 4. The van der Waals surface area contributed by atoms with E-state index in [-0.39, 0.29) is 23.0 Å². The normalized spacial score (nSPS) is 30.0. The van der Waals surface area contributed by atoms with E-state index in [0.717, 1.165) is 38.3 Å². The van der Waals surface area contributed by atoms with Crippen molar-refractivity contribution in [2.75, 3.05) is 40.3 Å². The van der Waals surface area contributed by atoms with Gasteiger partial charge in [-0.3, -0.25) is 0 Å². The summed E-state index contributed by atoms with van der Waals surface area (Å²) in [5, 5.41) is 25.0. The molecule has 0 aromatic heterocycles. The maximum Gasteiger partial charge on any atom is 0.331 e. The maximum atomic E-state index is 15.6. The van der Waals surface area contributed by atoms with Crippen molar-refractivity contribution in [3.05, 3.63) is 79.3 Å². The average Bonchev–Trinajstić information content (AvgIpc) is 3.36. The topological polar surface area (TPSA) is 99.5 Å². The smallest absolute Gasteiger partial charge is 0.331 e. The van der Waals surface area contributed by atoms with Crippen LogP contribution in [0.5, 0.6) is 0 Å². The molecular weight excluding hydrogens is 778 g/mol. The van der Waals surface area contributed by atoms with Crippen molar-refractivity contribution in [3.8, 4) is 0 Å². The molecule has 6 rings (SSSR count). The number of esters is 2. The molecule has 12 heteroatoms. The number of aliphatic hydroxyl groups is 2. The Labute approximate surface area is 309 Å². The number of carbonyl (C=O) groups is 2. The first-order chi connectivity index (χ1) is 23.4. The van der Waals surface area contributed by atoms with E-state index < -0.39 is 57.8 Å². The Balaban J connectivity index is 1.25. The van der Waals surface area contributed by atoms with Gasteiger partial charge in [-0.05, 0) is 102 Å². The van der Waals surface area contributed by atoms with Gasteiger partial charge in [0.15, 0.2) is 0 Å². The number of rotatable bonds is 6. The summed E-state index contributed by atoms with van der Waals surface area (Å²) in [6, 6.07) is 5.67. The van der Waals surface area contributed by atoms with Crippen molar-refractivity contribution in [1.29, 1.82) is 0 Å². The number of hydrogen-bond donors (Lipinski definition) is 2. The summed E-state index contributed by atoms with van der Waals surface area (Å²) in [5.41, 5.74) is -4.32. The molecule has 8 nitrogen and oxygen atoms in total. The molecule has 2 saturated heterocycles. The number of benzene rings is 2. The summed E-state index contributed by atoms with van der Waals surface area (Å²) in [5.74, 6) is -3.50. The van der Waals surface area contributed by atoms with Gasteiger partial charge in [0.05, 0.1) is 0 Å². The minimum atomic E-state index is -1.51. The molecule has 2 heterocycles. The zero-order valence-corrected chi connectivity index (χ0v) is 32.5. The van der Waals surface area contributed by atoms with Crippen molar-refractivity contribution in [2.24, 2.45) is 22.7 Å². The van der Waals surface area contributed by atoms with Crippen LogP contribution in [0, 0.1) is 34.3 Å². The highest BCUT2D eigenvalue weighted by molar-refractivity contribution is 9.10. The van der Waals surface area contributed by atoms with Crippen molar-refractivity contribution in [1.82, 2.24) is 9.80 Å². The second-order valence-electron chi connectivity index (χ2n) is 15.7. The largest absolute Gasteiger partial charge is 0.453 e. The Kier molecular flexibility index (Phi) is 10.0. The van der Waals surface area contributed by atoms with Gasteiger partial charge in [0.1, 0.15) is 35.0 Å². The fraction of sp³-hybridized carbons (Fsp3) is 0.579. The summed E-state index contributed by atoms with van der Waals surface area (Å²) >= 11 is 7.07. The van der Waals surface area contributed by atoms with Crippen LogP contribution in [0.15, 0.2) is 45.4 Å². The van der Waals surface area contributed by atoms with Gasteiger partial charge in [0, 0.05) is 54.2 Å². The molecule has 50 heavy (non-hydrogen) atoms. The first-order valence-electron chi connectivity index (χ1n) is 17.2. The third-order valence-corrected chi connectivity index (χ3v) is 13.6. The summed E-state index contributed by atoms with van der Waals surface area (Å²) in [6.07, 6.45) is 2.20. The van der Waals surface area contributed by atoms with Gasteiger partial charge in [-0.1, -0.05) is 59.6 Å². The van der Waals surface area contributed by atoms with Gasteiger partial charge in [-0.15, -0.1) is 0 Å². The maximum absolute atomic E-state index is 15.6. The van der Waals surface area contributed by atoms with E-state index in [2.05, 4.69) is 41.7 Å². The fourth-order valence-electron chi connectivity index (χ4n) is 9.36. The molecule has 4 aliphatic rings. The highest BCUT2D eigenvalue weighted by Gasteiger charge is 2.65. The number of likely N-dealkylation sites (tertiary alicyclic amines) is 2. The zero-order valence-electron chi connectivity index (χ0n) is 29.4. The quantitative estimate of drug-likeness (QED) is 0.237. The minimum absolute atomic E-state index is 0.105. The first-order valence-corrected chi connectivity index (χ1v) is 18.8. The van der Waals surface area contributed by atoms with E-state index in [9.17, 15) is 19.8 Å². The number of piperidine rings is 2. The molecule has 2 aromatic rings. The van der Waals surface area contributed by atoms with Crippen LogP contribution >= 0.6 is 31.9 Å². The third kappa shape index (κ3) is 5.71. The van der Waals surface area contributed by atoms with E-state index in [1.807, 2.05) is 14.1 Å². The molecular formula is C38H46Br2F2N2O6. The molecule has 0 spiro atoms. The molecule has 0 radical (unpaired) electrons. The molecule has 2 aliphatic heterocycles. The van der Waals surface area contributed by atoms with Crippen LogP contribution in [0.2, 0.25) is 0 Å². The predicted molar refractivity (Wildman–Crippen MR) is 191 cm³/mol. The van der Waals surface area contributed by atoms with E-state index in [1.54, 1.807) is 39.8 Å². The number of nitrogens with zero attached hydrogens (tertiary/aromatic N) is 2. The molecule has 0 bridgehead atoms. The van der Waals surface area contributed by atoms with Crippen LogP contribution in [0.4, 0.5) is 8.78 Å². The second-order valence-corrected chi connectivity index (χ2v) is 17.4. The molecule has 4 unspecified atom stereocenters. The van der Waals surface area contributed by atoms with E-state index >= 15 is 8.78 Å². The Morgan fingerprint density at radius 2 is 1.02 bits per heavy atom. The third-order valence-electron chi connectivity index (χ3n) is 12.3. The fourth-order valence-corrected chi connectivity index (χ4v) is 10.7. The van der Waals surface area contributed by atoms with E-state index in [1.165, 1.54) is 12.1 Å². The number of hydrogen-bond acceptors (Lipinski definition) is 8. The second kappa shape index (κ2) is 13.3. The average molecular weight is 825 g/mol. The number of fused-ring (bicyclic) bond motifs is 2. The van der Waals surface area contributed by atoms with Gasteiger partial charge >= 0.3 is 11.9 Å². The highest BCUT2D eigenvalue weighted by atomic mass is 79.9. The first kappa shape index (κ1) is 37.5. The van der Waals surface area contributed by atoms with Crippen molar-refractivity contribution in [3.63, 3.8) is 0 Å². The zero-order chi connectivity index (χ0) is 36.6. The molecule has 2 N–H and O–H groups in total. The van der Waals surface area contributed by atoms with E-state index in [0.29, 0.717) is 45.8 Å². The lowest BCUT2D eigenvalue weighted by Crippen LogP contribution is -2.50. The summed E-state index contributed by atoms with van der Waals surface area (Å²) < 4.78 is 44.1. The van der Waals surface area contributed by atoms with Crippen LogP contribution in [0.1, 0.15) is 87.8 Å². The Morgan fingerprint density at radius 3 is 1.34 bits per heavy atom. The van der Waals surface area contributed by atoms with Gasteiger partial charge in [0.25, 0.3) is 0 Å². The number of ether oxygens (including phenoxy) is 2. The summed E-state index contributed by atoms with van der Waals surface area (Å²) in [7, 11) is 4.03. The van der Waals surface area contributed by atoms with Gasteiger partial charge in [-0.2, -0.15) is 0 Å². The van der Waals surface area contributed by atoms with Crippen LogP contribution in [0.3, 0.4) is 0 Å². The van der Waals surface area contributed by atoms with Crippen LogP contribution in [-0.2, 0) is 30.3 Å². The lowest BCUT2D eigenvalue weighted by molar-refractivity contribution is -0.181. The van der Waals surface area contributed by atoms with Crippen LogP contribution in [-0.4, -0.2) is 72.2 Å². The Hall–Kier alpha value is -2.22. The standard InChI is InChI=1S/C38H46Br2F2N2O6/c1-35(2)33(29-25(41)9-7-23(39)31(29)37(35,47)21-13-17-43(5)18-14-21)49-27(45)11-12-28(46)50-34-30-26(42)10-8-24(40)32(30)38(48,36(34,3)4)22-15-19-44(6)20-16-22/h7-12,21-22,33-34,47-48H,13-20H2,1-6H3/b12-11+. The van der Waals surface area contributed by atoms with Crippen molar-refractivity contribution in [2.45, 2.75) is 76.8 Å². The minimum Gasteiger partial charge on any atom is -0.453 e. The molecule has 0 amide bonds. The van der Waals surface area contributed by atoms with Gasteiger partial charge in [0.2, 0.25) is 0 Å². The Bertz CT molecular complexity index is 1600. The van der Waals surface area contributed by atoms with E-state index in [4.69, 9.17) is 9.47 Å².